The average Bonchev–Trinajstić information content (AvgIpc) is 3.07. The van der Waals surface area contributed by atoms with Gasteiger partial charge in [-0.25, -0.2) is 4.98 Å². The Bertz CT molecular complexity index is 1500. The van der Waals surface area contributed by atoms with E-state index in [2.05, 4.69) is 4.98 Å². The molecule has 0 N–H and O–H groups in total. The van der Waals surface area contributed by atoms with Crippen LogP contribution in [-0.4, -0.2) is 15.8 Å². The number of nitrogens with zero attached hydrogens (tertiary/aromatic N) is 3. The molecule has 0 saturated carbocycles. The van der Waals surface area contributed by atoms with Gasteiger partial charge in [0.05, 0.1) is 21.9 Å². The van der Waals surface area contributed by atoms with Gasteiger partial charge in [0.15, 0.2) is 5.43 Å². The molecule has 1 amide bonds. The largest absolute Gasteiger partial charge is 0.450 e. The van der Waals surface area contributed by atoms with Crippen molar-refractivity contribution < 1.29 is 14.1 Å². The van der Waals surface area contributed by atoms with Gasteiger partial charge in [0.2, 0.25) is 5.76 Å². The number of anilines is 1. The van der Waals surface area contributed by atoms with E-state index in [1.165, 1.54) is 35.2 Å². The number of aromatic nitrogens is 1. The van der Waals surface area contributed by atoms with Crippen molar-refractivity contribution in [2.45, 2.75) is 13.0 Å². The van der Waals surface area contributed by atoms with Crippen molar-refractivity contribution in [3.8, 4) is 0 Å². The highest BCUT2D eigenvalue weighted by atomic mass is 35.5. The van der Waals surface area contributed by atoms with E-state index in [9.17, 15) is 19.7 Å². The summed E-state index contributed by atoms with van der Waals surface area (Å²) in [5.41, 5.74) is 0.790. The SMILES string of the molecule is Cc1cccc(N2C(=O)c3oc4ccc(Cl)cc4c(=O)c3C2c2cccc([N+](=O)[O-])c2)n1. The molecule has 0 bridgehead atoms. The highest BCUT2D eigenvalue weighted by Crippen LogP contribution is 2.41. The number of nitro groups is 1. The summed E-state index contributed by atoms with van der Waals surface area (Å²) in [6.07, 6.45) is 0. The van der Waals surface area contributed by atoms with Crippen molar-refractivity contribution in [1.82, 2.24) is 4.98 Å². The normalized spacial score (nSPS) is 15.2. The van der Waals surface area contributed by atoms with Crippen LogP contribution >= 0.6 is 11.6 Å². The monoisotopic (exact) mass is 447 g/mol. The number of halogens is 1. The Labute approximate surface area is 185 Å². The molecule has 1 unspecified atom stereocenters. The van der Waals surface area contributed by atoms with E-state index in [1.807, 2.05) is 0 Å². The number of rotatable bonds is 3. The Balaban J connectivity index is 1.83. The van der Waals surface area contributed by atoms with Crippen molar-refractivity contribution >= 4 is 40.0 Å². The van der Waals surface area contributed by atoms with Gasteiger partial charge in [0.25, 0.3) is 11.6 Å². The lowest BCUT2D eigenvalue weighted by atomic mass is 9.98. The van der Waals surface area contributed by atoms with Crippen LogP contribution in [0.15, 0.2) is 69.9 Å². The number of carbonyl (C=O) groups excluding carboxylic acids is 1. The van der Waals surface area contributed by atoms with Crippen LogP contribution in [-0.2, 0) is 0 Å². The van der Waals surface area contributed by atoms with E-state index >= 15 is 0 Å². The first-order chi connectivity index (χ1) is 15.3. The fraction of sp³-hybridized carbons (Fsp3) is 0.0870. The van der Waals surface area contributed by atoms with E-state index in [0.29, 0.717) is 22.1 Å². The first-order valence-electron chi connectivity index (χ1n) is 9.63. The van der Waals surface area contributed by atoms with Crippen LogP contribution in [0.25, 0.3) is 11.0 Å². The fourth-order valence-corrected chi connectivity index (χ4v) is 4.14. The topological polar surface area (TPSA) is 107 Å². The number of pyridine rings is 1. The zero-order valence-electron chi connectivity index (χ0n) is 16.6. The molecule has 5 rings (SSSR count). The Hall–Kier alpha value is -4.04. The predicted octanol–water partition coefficient (Wildman–Crippen LogP) is 4.81. The van der Waals surface area contributed by atoms with E-state index in [4.69, 9.17) is 16.0 Å². The number of non-ortho nitro benzene ring substituents is 1. The number of nitro benzene ring substituents is 1. The standard InChI is InChI=1S/C23H14ClN3O5/c1-12-4-2-7-18(25-12)26-20(13-5-3-6-15(10-13)27(30)31)19-21(28)16-11-14(24)8-9-17(16)32-22(19)23(26)29/h2-11,20H,1H3. The summed E-state index contributed by atoms with van der Waals surface area (Å²) in [6, 6.07) is 14.6. The number of hydrogen-bond donors (Lipinski definition) is 0. The molecular weight excluding hydrogens is 434 g/mol. The molecule has 0 aliphatic carbocycles. The third-order valence-corrected chi connectivity index (χ3v) is 5.58. The van der Waals surface area contributed by atoms with Crippen LogP contribution in [0.5, 0.6) is 0 Å². The summed E-state index contributed by atoms with van der Waals surface area (Å²) in [5.74, 6) is -0.368. The predicted molar refractivity (Wildman–Crippen MR) is 118 cm³/mol. The second-order valence-electron chi connectivity index (χ2n) is 7.38. The number of hydrogen-bond acceptors (Lipinski definition) is 6. The molecule has 1 aliphatic rings. The molecule has 9 heteroatoms. The van der Waals surface area contributed by atoms with Crippen molar-refractivity contribution in [3.63, 3.8) is 0 Å². The van der Waals surface area contributed by atoms with Crippen molar-refractivity contribution in [2.24, 2.45) is 0 Å². The number of benzene rings is 2. The first-order valence-corrected chi connectivity index (χ1v) is 10.0. The van der Waals surface area contributed by atoms with Gasteiger partial charge in [-0.15, -0.1) is 0 Å². The quantitative estimate of drug-likeness (QED) is 0.329. The Morgan fingerprint density at radius 2 is 1.88 bits per heavy atom. The zero-order valence-corrected chi connectivity index (χ0v) is 17.4. The molecule has 2 aromatic heterocycles. The Kier molecular flexibility index (Phi) is 4.53. The molecular formula is C23H14ClN3O5. The Morgan fingerprint density at radius 1 is 1.09 bits per heavy atom. The minimum absolute atomic E-state index is 0.0913. The zero-order chi connectivity index (χ0) is 22.6. The summed E-state index contributed by atoms with van der Waals surface area (Å²) < 4.78 is 5.85. The maximum absolute atomic E-state index is 13.5. The first kappa shape index (κ1) is 19.9. The number of carbonyl (C=O) groups is 1. The summed E-state index contributed by atoms with van der Waals surface area (Å²) >= 11 is 6.08. The minimum Gasteiger partial charge on any atom is -0.450 e. The molecule has 158 valence electrons. The van der Waals surface area contributed by atoms with Crippen LogP contribution in [0.4, 0.5) is 11.5 Å². The lowest BCUT2D eigenvalue weighted by molar-refractivity contribution is -0.384. The molecule has 0 fully saturated rings. The molecule has 0 saturated heterocycles. The third kappa shape index (κ3) is 3.04. The molecule has 4 aromatic rings. The second-order valence-corrected chi connectivity index (χ2v) is 7.82. The van der Waals surface area contributed by atoms with Gasteiger partial charge in [0, 0.05) is 22.8 Å². The lowest BCUT2D eigenvalue weighted by Gasteiger charge is -2.24. The molecule has 8 nitrogen and oxygen atoms in total. The summed E-state index contributed by atoms with van der Waals surface area (Å²) in [7, 11) is 0. The lowest BCUT2D eigenvalue weighted by Crippen LogP contribution is -2.30. The second kappa shape index (κ2) is 7.28. The van der Waals surface area contributed by atoms with Gasteiger partial charge in [-0.3, -0.25) is 24.6 Å². The highest BCUT2D eigenvalue weighted by molar-refractivity contribution is 6.31. The third-order valence-electron chi connectivity index (χ3n) is 5.35. The van der Waals surface area contributed by atoms with Crippen molar-refractivity contribution in [1.29, 1.82) is 0 Å². The van der Waals surface area contributed by atoms with E-state index in [-0.39, 0.29) is 28.0 Å². The fourth-order valence-electron chi connectivity index (χ4n) is 3.97. The molecule has 2 aromatic carbocycles. The van der Waals surface area contributed by atoms with Crippen LogP contribution in [0.2, 0.25) is 5.02 Å². The van der Waals surface area contributed by atoms with Crippen LogP contribution < -0.4 is 10.3 Å². The number of amides is 1. The van der Waals surface area contributed by atoms with Gasteiger partial charge < -0.3 is 4.42 Å². The van der Waals surface area contributed by atoms with Crippen LogP contribution in [0.1, 0.15) is 33.4 Å². The molecule has 32 heavy (non-hydrogen) atoms. The van der Waals surface area contributed by atoms with Crippen molar-refractivity contribution in [2.75, 3.05) is 4.90 Å². The van der Waals surface area contributed by atoms with Crippen LogP contribution in [0.3, 0.4) is 0 Å². The van der Waals surface area contributed by atoms with E-state index in [0.717, 1.165) is 0 Å². The van der Waals surface area contributed by atoms with Gasteiger partial charge >= 0.3 is 0 Å². The van der Waals surface area contributed by atoms with E-state index < -0.39 is 22.3 Å². The molecule has 0 spiro atoms. The molecule has 0 radical (unpaired) electrons. The molecule has 1 aliphatic heterocycles. The number of fused-ring (bicyclic) bond motifs is 2. The average molecular weight is 448 g/mol. The summed E-state index contributed by atoms with van der Waals surface area (Å²) in [4.78, 5) is 43.6. The summed E-state index contributed by atoms with van der Waals surface area (Å²) in [6.45, 7) is 1.78. The maximum Gasteiger partial charge on any atom is 0.296 e. The highest BCUT2D eigenvalue weighted by Gasteiger charge is 2.44. The van der Waals surface area contributed by atoms with Gasteiger partial charge in [-0.05, 0) is 42.8 Å². The van der Waals surface area contributed by atoms with Crippen LogP contribution in [0, 0.1) is 17.0 Å². The molecule has 1 atom stereocenters. The van der Waals surface area contributed by atoms with Gasteiger partial charge in [-0.1, -0.05) is 29.8 Å². The molecule has 3 heterocycles. The number of aryl methyl sites for hydroxylation is 1. The van der Waals surface area contributed by atoms with E-state index in [1.54, 1.807) is 37.3 Å². The van der Waals surface area contributed by atoms with Crippen molar-refractivity contribution in [3.05, 3.63) is 109 Å². The maximum atomic E-state index is 13.5. The summed E-state index contributed by atoms with van der Waals surface area (Å²) in [5, 5.41) is 11.9. The van der Waals surface area contributed by atoms with Gasteiger partial charge in [-0.2, -0.15) is 0 Å². The Morgan fingerprint density at radius 3 is 2.62 bits per heavy atom. The van der Waals surface area contributed by atoms with Gasteiger partial charge in [0.1, 0.15) is 11.4 Å². The minimum atomic E-state index is -0.952. The smallest absolute Gasteiger partial charge is 0.296 e.